The average molecular weight is 830 g/mol. The molecule has 0 aliphatic carbocycles. The summed E-state index contributed by atoms with van der Waals surface area (Å²) in [5, 5.41) is 14.2. The number of likely N-dealkylation sites (N-methyl/N-ethyl adjacent to an activating group) is 1. The Morgan fingerprint density at radius 2 is 1.70 bits per heavy atom. The molecule has 4 heterocycles. The van der Waals surface area contributed by atoms with E-state index in [2.05, 4.69) is 20.3 Å². The Bertz CT molecular complexity index is 1790. The van der Waals surface area contributed by atoms with E-state index in [0.717, 1.165) is 27.7 Å². The fourth-order valence-corrected chi connectivity index (χ4v) is 9.02. The molecule has 302 valence electrons. The van der Waals surface area contributed by atoms with Crippen molar-refractivity contribution in [1.29, 1.82) is 0 Å². The summed E-state index contributed by atoms with van der Waals surface area (Å²) in [7, 11) is -2.56. The van der Waals surface area contributed by atoms with Gasteiger partial charge in [-0.25, -0.2) is 18.8 Å². The predicted octanol–water partition coefficient (Wildman–Crippen LogP) is -0.606. The third-order valence-electron chi connectivity index (χ3n) is 7.95. The maximum absolute atomic E-state index is 13.4. The van der Waals surface area contributed by atoms with Gasteiger partial charge in [0.1, 0.15) is 49.0 Å². The smallest absolute Gasteiger partial charge is 0.462 e. The highest BCUT2D eigenvalue weighted by Crippen LogP contribution is 2.62. The van der Waals surface area contributed by atoms with Crippen LogP contribution in [0.4, 0.5) is 5.82 Å². The molecular weight excluding hydrogens is 788 g/mol. The number of nitrogens with one attached hydrogen (secondary N) is 2. The van der Waals surface area contributed by atoms with Crippen LogP contribution in [0.1, 0.15) is 39.4 Å². The molecule has 2 aliphatic rings. The fourth-order valence-electron chi connectivity index (χ4n) is 5.92. The Morgan fingerprint density at radius 1 is 1.04 bits per heavy atom. The minimum atomic E-state index is -5.62. The molecule has 2 aromatic heterocycles. The minimum Gasteiger partial charge on any atom is -0.462 e. The summed E-state index contributed by atoms with van der Waals surface area (Å²) in [6.07, 6.45) is -11.0. The Balaban J connectivity index is 1.54. The molecule has 0 amide bonds. The molecule has 2 aromatic rings. The second-order valence-corrected chi connectivity index (χ2v) is 16.2. The number of hydrogen-bond acceptors (Lipinski definition) is 21. The number of aliphatic hydroxyl groups is 1. The van der Waals surface area contributed by atoms with Crippen LogP contribution < -0.4 is 11.1 Å². The number of phosphoric ester groups is 1. The van der Waals surface area contributed by atoms with E-state index in [4.69, 9.17) is 64.1 Å². The van der Waals surface area contributed by atoms with Gasteiger partial charge >= 0.3 is 38.4 Å². The lowest BCUT2D eigenvalue weighted by Crippen LogP contribution is -2.64. The number of aliphatic hydroxyl groups excluding tert-OH is 1. The normalized spacial score (nSPS) is 29.8. The highest BCUT2D eigenvalue weighted by molar-refractivity contribution is 8.08. The number of aromatic nitrogens is 3. The topological polar surface area (TPSA) is 318 Å². The molecule has 2 aliphatic heterocycles. The first-order valence-electron chi connectivity index (χ1n) is 15.9. The van der Waals surface area contributed by atoms with Crippen molar-refractivity contribution in [1.82, 2.24) is 20.3 Å². The number of nitrogens with two attached hydrogens (primary N) is 1. The summed E-state index contributed by atoms with van der Waals surface area (Å²) >= 11 is 5.01. The van der Waals surface area contributed by atoms with Crippen molar-refractivity contribution in [2.24, 2.45) is 0 Å². The molecule has 0 bridgehead atoms. The second-order valence-electron chi connectivity index (χ2n) is 11.8. The number of nitrogens with zero attached hydrogens (tertiary/aromatic N) is 2. The molecule has 26 heteroatoms. The van der Waals surface area contributed by atoms with E-state index >= 15 is 0 Å². The van der Waals surface area contributed by atoms with Gasteiger partial charge in [0, 0.05) is 46.6 Å². The van der Waals surface area contributed by atoms with Crippen molar-refractivity contribution in [3.05, 3.63) is 18.1 Å². The van der Waals surface area contributed by atoms with Gasteiger partial charge in [-0.2, -0.15) is 0 Å². The summed E-state index contributed by atoms with van der Waals surface area (Å²) in [6.45, 7) is -2.07. The van der Waals surface area contributed by atoms with Crippen LogP contribution in [0, 0.1) is 0 Å². The summed E-state index contributed by atoms with van der Waals surface area (Å²) in [4.78, 5) is 80.4. The third kappa shape index (κ3) is 10.8. The van der Waals surface area contributed by atoms with Gasteiger partial charge in [0.05, 0.1) is 18.2 Å². The standard InChI is InChI=1S/C28H41N5O18P2S/c1-11(34)43-8-17(45-12(2)35)23-21(38)25(46-13(3)36)26(47-14(4)37)28(49-23)50-52(39,40)51-53(41,54)44-9-16-19(30-5)24(42-6)22(48-16)15-7-31-20-18(15)32-10-33-27(20)29/h7,10,16-17,19,21-26,28,30-31,38H,8-9H2,1-6H3,(H,39,40)(H,41,54)(H2,29,32,33)/t16-,17+,19-,21?,22+,23?,24-,25?,26?,28?,53?/m1/s1. The second kappa shape index (κ2) is 18.2. The van der Waals surface area contributed by atoms with E-state index < -0.39 is 113 Å². The molecule has 2 fully saturated rings. The number of H-pyrrole nitrogens is 1. The highest BCUT2D eigenvalue weighted by atomic mass is 32.5. The summed E-state index contributed by atoms with van der Waals surface area (Å²) < 4.78 is 66.7. The molecule has 0 radical (unpaired) electrons. The van der Waals surface area contributed by atoms with Crippen molar-refractivity contribution >= 4 is 67.1 Å². The zero-order valence-corrected chi connectivity index (χ0v) is 32.2. The summed E-state index contributed by atoms with van der Waals surface area (Å²) in [5.41, 5.74) is 7.45. The number of hydrogen-bond donors (Lipinski definition) is 6. The molecule has 2 saturated heterocycles. The van der Waals surface area contributed by atoms with Crippen LogP contribution in [-0.2, 0) is 82.1 Å². The molecule has 0 saturated carbocycles. The first-order valence-corrected chi connectivity index (χ1v) is 20.0. The zero-order valence-electron chi connectivity index (χ0n) is 29.6. The van der Waals surface area contributed by atoms with Gasteiger partial charge in [-0.15, -0.1) is 0 Å². The fraction of sp³-hybridized carbons (Fsp3) is 0.643. The first-order chi connectivity index (χ1) is 25.3. The SMILES string of the molecule is CN[C@H]1[C@@H](OC)[C@H](c2c[nH]c3c(N)ncnc23)O[C@@H]1COP(O)(=S)OP(=O)(O)OC1OC([C@H](COC(C)=O)OC(C)=O)C(O)C(OC(C)=O)C1OC(C)=O. The number of methoxy groups -OCH3 is 1. The van der Waals surface area contributed by atoms with Crippen molar-refractivity contribution < 1.29 is 85.2 Å². The van der Waals surface area contributed by atoms with Crippen LogP contribution in [0.25, 0.3) is 11.0 Å². The number of carbonyl (C=O) groups excluding carboxylic acids is 4. The summed E-state index contributed by atoms with van der Waals surface area (Å²) in [5.74, 6) is -3.62. The van der Waals surface area contributed by atoms with Gasteiger partial charge in [0.25, 0.3) is 0 Å². The number of rotatable bonds is 16. The summed E-state index contributed by atoms with van der Waals surface area (Å²) in [6, 6.07) is -0.602. The van der Waals surface area contributed by atoms with Gasteiger partial charge in [0.15, 0.2) is 24.1 Å². The van der Waals surface area contributed by atoms with Gasteiger partial charge in [0.2, 0.25) is 6.29 Å². The van der Waals surface area contributed by atoms with Gasteiger partial charge < -0.3 is 68.6 Å². The monoisotopic (exact) mass is 829 g/mol. The lowest BCUT2D eigenvalue weighted by atomic mass is 9.95. The maximum Gasteiger partial charge on any atom is 0.481 e. The van der Waals surface area contributed by atoms with E-state index in [1.54, 1.807) is 13.2 Å². The first kappa shape index (κ1) is 43.5. The van der Waals surface area contributed by atoms with E-state index in [1.807, 2.05) is 0 Å². The lowest BCUT2D eigenvalue weighted by Gasteiger charge is -2.44. The molecule has 4 rings (SSSR count). The largest absolute Gasteiger partial charge is 0.481 e. The minimum absolute atomic E-state index is 0.203. The van der Waals surface area contributed by atoms with Crippen LogP contribution in [0.15, 0.2) is 12.5 Å². The number of nitrogen functional groups attached to an aromatic ring is 1. The van der Waals surface area contributed by atoms with E-state index in [-0.39, 0.29) is 5.82 Å². The quantitative estimate of drug-likeness (QED) is 0.0698. The van der Waals surface area contributed by atoms with Crippen molar-refractivity contribution in [2.45, 2.75) is 88.9 Å². The Hall–Kier alpha value is -3.22. The van der Waals surface area contributed by atoms with E-state index in [9.17, 15) is 38.6 Å². The highest BCUT2D eigenvalue weighted by Gasteiger charge is 2.55. The molecule has 0 aromatic carbocycles. The number of phosphoric acid groups is 1. The Labute approximate surface area is 312 Å². The number of carbonyl (C=O) groups is 4. The van der Waals surface area contributed by atoms with Gasteiger partial charge in [-0.1, -0.05) is 0 Å². The average Bonchev–Trinajstić information content (AvgIpc) is 3.65. The van der Waals surface area contributed by atoms with Crippen molar-refractivity contribution in [3.8, 4) is 0 Å². The molecule has 54 heavy (non-hydrogen) atoms. The van der Waals surface area contributed by atoms with E-state index in [0.29, 0.717) is 16.6 Å². The van der Waals surface area contributed by atoms with Gasteiger partial charge in [-0.05, 0) is 18.9 Å². The van der Waals surface area contributed by atoms with Crippen LogP contribution in [-0.4, -0.2) is 136 Å². The maximum atomic E-state index is 13.4. The Kier molecular flexibility index (Phi) is 14.6. The number of fused-ring (bicyclic) bond motifs is 1. The van der Waals surface area contributed by atoms with Crippen molar-refractivity contribution in [3.63, 3.8) is 0 Å². The molecule has 7 unspecified atom stereocenters. The molecular formula is C28H41N5O18P2S. The molecule has 12 atom stereocenters. The van der Waals surface area contributed by atoms with E-state index in [1.165, 1.54) is 13.4 Å². The lowest BCUT2D eigenvalue weighted by molar-refractivity contribution is -0.299. The van der Waals surface area contributed by atoms with Crippen LogP contribution in [0.5, 0.6) is 0 Å². The predicted molar refractivity (Wildman–Crippen MR) is 182 cm³/mol. The zero-order chi connectivity index (χ0) is 40.1. The van der Waals surface area contributed by atoms with Crippen molar-refractivity contribution in [2.75, 3.05) is 33.1 Å². The molecule has 23 nitrogen and oxygen atoms in total. The Morgan fingerprint density at radius 3 is 2.30 bits per heavy atom. The third-order valence-corrected chi connectivity index (χ3v) is 11.5. The van der Waals surface area contributed by atoms with Crippen LogP contribution >= 0.6 is 14.5 Å². The van der Waals surface area contributed by atoms with Crippen LogP contribution in [0.2, 0.25) is 0 Å². The molecule has 7 N–H and O–H groups in total. The number of aromatic amines is 1. The number of anilines is 1. The number of esters is 4. The van der Waals surface area contributed by atoms with Gasteiger partial charge in [-0.3, -0.25) is 23.7 Å². The number of ether oxygens (including phenoxy) is 7. The molecule has 0 spiro atoms. The van der Waals surface area contributed by atoms with Crippen LogP contribution in [0.3, 0.4) is 0 Å².